The lowest BCUT2D eigenvalue weighted by molar-refractivity contribution is -0.123. The van der Waals surface area contributed by atoms with Gasteiger partial charge in [-0.25, -0.2) is 0 Å². The molecule has 3 rings (SSSR count). The van der Waals surface area contributed by atoms with E-state index in [4.69, 9.17) is 16.3 Å². The van der Waals surface area contributed by atoms with Gasteiger partial charge in [0.1, 0.15) is 5.75 Å². The Morgan fingerprint density at radius 1 is 0.889 bits per heavy atom. The molecule has 0 heterocycles. The summed E-state index contributed by atoms with van der Waals surface area (Å²) >= 11 is 5.91. The molecule has 0 unspecified atom stereocenters. The van der Waals surface area contributed by atoms with Crippen molar-refractivity contribution in [3.63, 3.8) is 0 Å². The number of nitrogens with one attached hydrogen (secondary N) is 1. The third-order valence-corrected chi connectivity index (χ3v) is 4.56. The van der Waals surface area contributed by atoms with Gasteiger partial charge in [0.25, 0.3) is 5.91 Å². The highest BCUT2D eigenvalue weighted by Crippen LogP contribution is 2.27. The largest absolute Gasteiger partial charge is 0.484 e. The van der Waals surface area contributed by atoms with Crippen molar-refractivity contribution < 1.29 is 9.53 Å². The molecule has 0 aliphatic carbocycles. The van der Waals surface area contributed by atoms with Gasteiger partial charge in [-0.15, -0.1) is 0 Å². The van der Waals surface area contributed by atoms with Crippen LogP contribution in [-0.4, -0.2) is 19.1 Å². The molecule has 1 amide bonds. The number of carbonyl (C=O) groups is 1. The molecule has 0 spiro atoms. The van der Waals surface area contributed by atoms with Crippen LogP contribution in [0.3, 0.4) is 0 Å². The first-order valence-corrected chi connectivity index (χ1v) is 9.35. The summed E-state index contributed by atoms with van der Waals surface area (Å²) in [5.41, 5.74) is 2.49. The molecule has 3 aromatic carbocycles. The number of rotatable bonds is 8. The highest BCUT2D eigenvalue weighted by atomic mass is 35.5. The third-order valence-electron chi connectivity index (χ3n) is 4.33. The van der Waals surface area contributed by atoms with Gasteiger partial charge in [-0.1, -0.05) is 78.3 Å². The Bertz CT molecular complexity index is 813. The first-order valence-electron chi connectivity index (χ1n) is 8.97. The second kappa shape index (κ2) is 9.79. The molecule has 3 nitrogen and oxygen atoms in total. The van der Waals surface area contributed by atoms with E-state index in [2.05, 4.69) is 29.6 Å². The summed E-state index contributed by atoms with van der Waals surface area (Å²) < 4.78 is 5.48. The maximum atomic E-state index is 12.1. The lowest BCUT2D eigenvalue weighted by Gasteiger charge is -2.18. The fraction of sp³-hybridized carbons (Fsp3) is 0.174. The van der Waals surface area contributed by atoms with Crippen molar-refractivity contribution in [1.29, 1.82) is 0 Å². The number of hydrogen-bond donors (Lipinski definition) is 1. The van der Waals surface area contributed by atoms with E-state index in [1.54, 1.807) is 24.3 Å². The van der Waals surface area contributed by atoms with Crippen LogP contribution in [0.1, 0.15) is 23.5 Å². The molecule has 4 heteroatoms. The van der Waals surface area contributed by atoms with E-state index in [-0.39, 0.29) is 18.4 Å². The molecule has 1 N–H and O–H groups in total. The monoisotopic (exact) mass is 379 g/mol. The predicted molar refractivity (Wildman–Crippen MR) is 109 cm³/mol. The molecule has 0 aliphatic rings. The molecule has 0 aromatic heterocycles. The van der Waals surface area contributed by atoms with Gasteiger partial charge in [-0.3, -0.25) is 4.79 Å². The average Bonchev–Trinajstić information content (AvgIpc) is 2.71. The Kier molecular flexibility index (Phi) is 6.89. The third kappa shape index (κ3) is 5.87. The minimum absolute atomic E-state index is 0.0261. The van der Waals surface area contributed by atoms with Gasteiger partial charge in [0.15, 0.2) is 6.61 Å². The predicted octanol–water partition coefficient (Wildman–Crippen LogP) is 5.06. The number of benzene rings is 3. The van der Waals surface area contributed by atoms with Gasteiger partial charge >= 0.3 is 0 Å². The lowest BCUT2D eigenvalue weighted by atomic mass is 9.88. The second-order valence-electron chi connectivity index (χ2n) is 6.26. The first kappa shape index (κ1) is 19.0. The Labute approximate surface area is 164 Å². The molecule has 0 saturated heterocycles. The smallest absolute Gasteiger partial charge is 0.257 e. The zero-order chi connectivity index (χ0) is 18.9. The van der Waals surface area contributed by atoms with Crippen LogP contribution in [0.2, 0.25) is 5.02 Å². The number of ether oxygens (including phenoxy) is 1. The van der Waals surface area contributed by atoms with Crippen molar-refractivity contribution in [2.75, 3.05) is 13.2 Å². The van der Waals surface area contributed by atoms with Gasteiger partial charge < -0.3 is 10.1 Å². The van der Waals surface area contributed by atoms with Crippen LogP contribution in [0.15, 0.2) is 84.9 Å². The number of amides is 1. The maximum absolute atomic E-state index is 12.1. The van der Waals surface area contributed by atoms with Gasteiger partial charge in [-0.05, 0) is 35.7 Å². The van der Waals surface area contributed by atoms with Gasteiger partial charge in [0.05, 0.1) is 0 Å². The van der Waals surface area contributed by atoms with Crippen molar-refractivity contribution in [3.8, 4) is 5.75 Å². The van der Waals surface area contributed by atoms with E-state index in [9.17, 15) is 4.79 Å². The molecule has 27 heavy (non-hydrogen) atoms. The minimum Gasteiger partial charge on any atom is -0.484 e. The van der Waals surface area contributed by atoms with Crippen molar-refractivity contribution in [3.05, 3.63) is 101 Å². The van der Waals surface area contributed by atoms with Crippen LogP contribution < -0.4 is 10.1 Å². The fourth-order valence-corrected chi connectivity index (χ4v) is 3.19. The normalized spacial score (nSPS) is 10.6. The van der Waals surface area contributed by atoms with Crippen molar-refractivity contribution >= 4 is 17.5 Å². The van der Waals surface area contributed by atoms with Crippen molar-refractivity contribution in [2.24, 2.45) is 0 Å². The first-order chi connectivity index (χ1) is 13.2. The topological polar surface area (TPSA) is 38.3 Å². The fourth-order valence-electron chi connectivity index (χ4n) is 3.01. The van der Waals surface area contributed by atoms with Crippen LogP contribution in [0.4, 0.5) is 0 Å². The number of hydrogen-bond acceptors (Lipinski definition) is 2. The lowest BCUT2D eigenvalue weighted by Crippen LogP contribution is -2.30. The Morgan fingerprint density at radius 2 is 1.52 bits per heavy atom. The van der Waals surface area contributed by atoms with Gasteiger partial charge in [-0.2, -0.15) is 0 Å². The van der Waals surface area contributed by atoms with Crippen LogP contribution >= 0.6 is 11.6 Å². The van der Waals surface area contributed by atoms with Crippen molar-refractivity contribution in [1.82, 2.24) is 5.32 Å². The van der Waals surface area contributed by atoms with E-state index < -0.39 is 0 Å². The van der Waals surface area contributed by atoms with Crippen LogP contribution in [0.25, 0.3) is 0 Å². The van der Waals surface area contributed by atoms with Crippen LogP contribution in [0, 0.1) is 0 Å². The van der Waals surface area contributed by atoms with Gasteiger partial charge in [0.2, 0.25) is 0 Å². The summed E-state index contributed by atoms with van der Waals surface area (Å²) in [5, 5.41) is 3.53. The number of carbonyl (C=O) groups excluding carboxylic acids is 1. The summed E-state index contributed by atoms with van der Waals surface area (Å²) in [6.07, 6.45) is 0.816. The number of halogens is 1. The van der Waals surface area contributed by atoms with E-state index >= 15 is 0 Å². The molecule has 0 atom stereocenters. The summed E-state index contributed by atoms with van der Waals surface area (Å²) in [6, 6.07) is 27.7. The summed E-state index contributed by atoms with van der Waals surface area (Å²) in [6.45, 7) is 0.549. The molecular formula is C23H22ClNO2. The maximum Gasteiger partial charge on any atom is 0.257 e. The molecule has 138 valence electrons. The zero-order valence-electron chi connectivity index (χ0n) is 15.0. The molecule has 0 radical (unpaired) electrons. The Hall–Kier alpha value is -2.78. The van der Waals surface area contributed by atoms with Crippen molar-refractivity contribution in [2.45, 2.75) is 12.3 Å². The molecular weight excluding hydrogens is 358 g/mol. The average molecular weight is 380 g/mol. The van der Waals surface area contributed by atoms with E-state index in [0.29, 0.717) is 17.3 Å². The molecule has 0 bridgehead atoms. The standard InChI is InChI=1S/C23H22ClNO2/c24-20-12-7-13-21(16-20)27-17-23(26)25-15-14-22(18-8-3-1-4-9-18)19-10-5-2-6-11-19/h1-13,16,22H,14-15,17H2,(H,25,26). The summed E-state index contributed by atoms with van der Waals surface area (Å²) in [4.78, 5) is 12.1. The second-order valence-corrected chi connectivity index (χ2v) is 6.70. The van der Waals surface area contributed by atoms with E-state index in [1.165, 1.54) is 11.1 Å². The van der Waals surface area contributed by atoms with Crippen LogP contribution in [-0.2, 0) is 4.79 Å². The van der Waals surface area contributed by atoms with E-state index in [1.807, 2.05) is 36.4 Å². The molecule has 0 saturated carbocycles. The molecule has 3 aromatic rings. The van der Waals surface area contributed by atoms with Gasteiger partial charge in [0, 0.05) is 17.5 Å². The molecule has 0 fully saturated rings. The summed E-state index contributed by atoms with van der Waals surface area (Å²) in [5.74, 6) is 0.681. The van der Waals surface area contributed by atoms with E-state index in [0.717, 1.165) is 6.42 Å². The molecule has 0 aliphatic heterocycles. The van der Waals surface area contributed by atoms with Crippen LogP contribution in [0.5, 0.6) is 5.75 Å². The Morgan fingerprint density at radius 3 is 2.11 bits per heavy atom. The SMILES string of the molecule is O=C(COc1cccc(Cl)c1)NCCC(c1ccccc1)c1ccccc1. The minimum atomic E-state index is -0.144. The highest BCUT2D eigenvalue weighted by molar-refractivity contribution is 6.30. The zero-order valence-corrected chi connectivity index (χ0v) is 15.7. The summed E-state index contributed by atoms with van der Waals surface area (Å²) in [7, 11) is 0. The highest BCUT2D eigenvalue weighted by Gasteiger charge is 2.14. The quantitative estimate of drug-likeness (QED) is 0.594. The Balaban J connectivity index is 1.54.